The molecule has 3 heterocycles. The third-order valence-corrected chi connectivity index (χ3v) is 4.30. The Balaban J connectivity index is 1.83. The maximum Gasteiger partial charge on any atom is 0.392 e. The van der Waals surface area contributed by atoms with Gasteiger partial charge in [-0.3, -0.25) is 4.79 Å². The van der Waals surface area contributed by atoms with Crippen LogP contribution in [0.1, 0.15) is 16.9 Å². The molecule has 2 aromatic rings. The van der Waals surface area contributed by atoms with Crippen LogP contribution in [-0.4, -0.2) is 51.6 Å². The summed E-state index contributed by atoms with van der Waals surface area (Å²) < 4.78 is 39.0. The summed E-state index contributed by atoms with van der Waals surface area (Å²) in [6, 6.07) is 1.67. The molecule has 1 fully saturated rings. The fraction of sp³-hybridized carbons (Fsp3) is 0.500. The molecule has 0 aromatic carbocycles. The van der Waals surface area contributed by atoms with E-state index in [9.17, 15) is 18.0 Å². The molecule has 0 radical (unpaired) electrons. The lowest BCUT2D eigenvalue weighted by Crippen LogP contribution is -2.50. The van der Waals surface area contributed by atoms with Gasteiger partial charge < -0.3 is 15.6 Å². The van der Waals surface area contributed by atoms with Crippen molar-refractivity contribution in [2.45, 2.75) is 12.6 Å². The van der Waals surface area contributed by atoms with Crippen molar-refractivity contribution in [1.29, 1.82) is 0 Å². The Bertz CT molecular complexity index is 714. The second kappa shape index (κ2) is 5.80. The Morgan fingerprint density at radius 1 is 1.43 bits per heavy atom. The number of nitrogens with two attached hydrogens (primary N) is 1. The molecule has 1 aliphatic heterocycles. The number of aromatic amines is 1. The van der Waals surface area contributed by atoms with Crippen LogP contribution in [0.3, 0.4) is 0 Å². The van der Waals surface area contributed by atoms with Gasteiger partial charge in [-0.2, -0.15) is 13.2 Å². The Morgan fingerprint density at radius 3 is 2.91 bits per heavy atom. The summed E-state index contributed by atoms with van der Waals surface area (Å²) in [5.41, 5.74) is 6.21. The lowest BCUT2D eigenvalue weighted by molar-refractivity contribution is -0.197. The van der Waals surface area contributed by atoms with Gasteiger partial charge in [0.1, 0.15) is 17.7 Å². The van der Waals surface area contributed by atoms with Gasteiger partial charge in [-0.05, 0) is 19.0 Å². The highest BCUT2D eigenvalue weighted by Gasteiger charge is 2.47. The zero-order valence-electron chi connectivity index (χ0n) is 12.2. The van der Waals surface area contributed by atoms with Gasteiger partial charge >= 0.3 is 6.18 Å². The van der Waals surface area contributed by atoms with Crippen molar-refractivity contribution < 1.29 is 18.0 Å². The van der Waals surface area contributed by atoms with Crippen LogP contribution in [0.5, 0.6) is 0 Å². The lowest BCUT2D eigenvalue weighted by atomic mass is 9.85. The van der Waals surface area contributed by atoms with Gasteiger partial charge in [0.25, 0.3) is 5.91 Å². The van der Waals surface area contributed by atoms with Crippen molar-refractivity contribution in [3.05, 3.63) is 24.3 Å². The summed E-state index contributed by atoms with van der Waals surface area (Å²) in [7, 11) is 0. The van der Waals surface area contributed by atoms with Crippen molar-refractivity contribution in [3.63, 3.8) is 0 Å². The maximum atomic E-state index is 13.0. The van der Waals surface area contributed by atoms with E-state index in [0.717, 1.165) is 0 Å². The molecule has 0 saturated carbocycles. The topological polar surface area (TPSA) is 87.9 Å². The molecule has 9 heteroatoms. The van der Waals surface area contributed by atoms with Crippen molar-refractivity contribution in [1.82, 2.24) is 19.9 Å². The number of halogens is 3. The monoisotopic (exact) mass is 327 g/mol. The highest BCUT2D eigenvalue weighted by atomic mass is 19.4. The molecule has 1 aliphatic rings. The van der Waals surface area contributed by atoms with Crippen LogP contribution in [0.15, 0.2) is 18.6 Å². The fourth-order valence-electron chi connectivity index (χ4n) is 3.08. The first kappa shape index (κ1) is 15.7. The summed E-state index contributed by atoms with van der Waals surface area (Å²) in [5.74, 6) is -2.65. The molecule has 6 nitrogen and oxygen atoms in total. The first-order chi connectivity index (χ1) is 10.9. The van der Waals surface area contributed by atoms with Gasteiger partial charge in [-0.25, -0.2) is 9.97 Å². The molecule has 124 valence electrons. The number of aromatic nitrogens is 3. The number of nitrogens with one attached hydrogen (secondary N) is 1. The number of carbonyl (C=O) groups is 1. The molecule has 0 spiro atoms. The molecule has 23 heavy (non-hydrogen) atoms. The summed E-state index contributed by atoms with van der Waals surface area (Å²) in [6.07, 6.45) is -1.54. The Hall–Kier alpha value is -2.16. The van der Waals surface area contributed by atoms with E-state index < -0.39 is 23.9 Å². The Kier molecular flexibility index (Phi) is 3.97. The van der Waals surface area contributed by atoms with Crippen molar-refractivity contribution >= 4 is 16.9 Å². The van der Waals surface area contributed by atoms with Crippen molar-refractivity contribution in [3.8, 4) is 0 Å². The summed E-state index contributed by atoms with van der Waals surface area (Å²) >= 11 is 0. The highest BCUT2D eigenvalue weighted by Crippen LogP contribution is 2.37. The lowest BCUT2D eigenvalue weighted by Gasteiger charge is -2.38. The summed E-state index contributed by atoms with van der Waals surface area (Å²) in [4.78, 5) is 24.9. The van der Waals surface area contributed by atoms with Gasteiger partial charge in [0.15, 0.2) is 0 Å². The highest BCUT2D eigenvalue weighted by molar-refractivity contribution is 6.03. The summed E-state index contributed by atoms with van der Waals surface area (Å²) in [6.45, 7) is -0.0951. The predicted octanol–water partition coefficient (Wildman–Crippen LogP) is 1.56. The third-order valence-electron chi connectivity index (χ3n) is 4.30. The van der Waals surface area contributed by atoms with E-state index >= 15 is 0 Å². The van der Waals surface area contributed by atoms with E-state index in [-0.39, 0.29) is 31.7 Å². The SMILES string of the molecule is NCC1CN(C(=O)c2ncnc3[nH]ccc23)CCC1C(F)(F)F. The molecule has 2 aromatic heterocycles. The van der Waals surface area contributed by atoms with E-state index in [1.165, 1.54) is 11.2 Å². The number of rotatable bonds is 2. The standard InChI is InChI=1S/C14H16F3N5O/c15-14(16,17)10-2-4-22(6-8(10)5-18)13(23)11-9-1-3-19-12(9)21-7-20-11/h1,3,7-8,10H,2,4-6,18H2,(H,19,20,21). The third kappa shape index (κ3) is 2.88. The minimum Gasteiger partial charge on any atom is -0.346 e. The molecule has 1 saturated heterocycles. The number of likely N-dealkylation sites (tertiary alicyclic amines) is 1. The molecule has 3 N–H and O–H groups in total. The number of H-pyrrole nitrogens is 1. The van der Waals surface area contributed by atoms with E-state index in [4.69, 9.17) is 5.73 Å². The van der Waals surface area contributed by atoms with E-state index in [0.29, 0.717) is 11.0 Å². The predicted molar refractivity (Wildman–Crippen MR) is 76.5 cm³/mol. The van der Waals surface area contributed by atoms with E-state index in [2.05, 4.69) is 15.0 Å². The van der Waals surface area contributed by atoms with E-state index in [1.54, 1.807) is 12.3 Å². The smallest absolute Gasteiger partial charge is 0.346 e. The average molecular weight is 327 g/mol. The number of amides is 1. The molecule has 1 amide bonds. The van der Waals surface area contributed by atoms with Crippen LogP contribution in [-0.2, 0) is 0 Å². The number of nitrogens with zero attached hydrogens (tertiary/aromatic N) is 3. The summed E-state index contributed by atoms with van der Waals surface area (Å²) in [5, 5.41) is 0.555. The quantitative estimate of drug-likeness (QED) is 0.876. The Labute approximate surface area is 129 Å². The van der Waals surface area contributed by atoms with Crippen LogP contribution in [0.2, 0.25) is 0 Å². The van der Waals surface area contributed by atoms with Gasteiger partial charge in [0.05, 0.1) is 11.3 Å². The molecule has 0 aliphatic carbocycles. The van der Waals surface area contributed by atoms with Crippen LogP contribution < -0.4 is 5.73 Å². The molecule has 3 rings (SSSR count). The molecule has 0 bridgehead atoms. The number of piperidine rings is 1. The largest absolute Gasteiger partial charge is 0.392 e. The van der Waals surface area contributed by atoms with Gasteiger partial charge in [0, 0.05) is 25.2 Å². The second-order valence-electron chi connectivity index (χ2n) is 5.65. The fourth-order valence-corrected chi connectivity index (χ4v) is 3.08. The molecular formula is C14H16F3N5O. The minimum atomic E-state index is -4.29. The van der Waals surface area contributed by atoms with Crippen LogP contribution >= 0.6 is 0 Å². The molecule has 2 unspecified atom stereocenters. The molecular weight excluding hydrogens is 311 g/mol. The zero-order valence-corrected chi connectivity index (χ0v) is 12.2. The first-order valence-electron chi connectivity index (χ1n) is 7.26. The van der Waals surface area contributed by atoms with Crippen molar-refractivity contribution in [2.24, 2.45) is 17.6 Å². The maximum absolute atomic E-state index is 13.0. The van der Waals surface area contributed by atoms with Gasteiger partial charge in [0.2, 0.25) is 0 Å². The first-order valence-corrected chi connectivity index (χ1v) is 7.26. The van der Waals surface area contributed by atoms with Crippen LogP contribution in [0.4, 0.5) is 13.2 Å². The van der Waals surface area contributed by atoms with Crippen LogP contribution in [0.25, 0.3) is 11.0 Å². The number of alkyl halides is 3. The number of hydrogen-bond acceptors (Lipinski definition) is 4. The normalized spacial score (nSPS) is 22.5. The Morgan fingerprint density at radius 2 is 2.22 bits per heavy atom. The van der Waals surface area contributed by atoms with E-state index in [1.807, 2.05) is 0 Å². The molecule has 2 atom stereocenters. The minimum absolute atomic E-state index is 0.0184. The zero-order chi connectivity index (χ0) is 16.6. The number of carbonyl (C=O) groups excluding carboxylic acids is 1. The van der Waals surface area contributed by atoms with Gasteiger partial charge in [-0.1, -0.05) is 0 Å². The number of fused-ring (bicyclic) bond motifs is 1. The second-order valence-corrected chi connectivity index (χ2v) is 5.65. The average Bonchev–Trinajstić information content (AvgIpc) is 3.01. The van der Waals surface area contributed by atoms with Crippen molar-refractivity contribution in [2.75, 3.05) is 19.6 Å². The van der Waals surface area contributed by atoms with Crippen LogP contribution in [0, 0.1) is 11.8 Å². The number of hydrogen-bond donors (Lipinski definition) is 2. The van der Waals surface area contributed by atoms with Gasteiger partial charge in [-0.15, -0.1) is 0 Å².